The number of carbonyl (C=O) groups excluding carboxylic acids is 1. The Labute approximate surface area is 75.9 Å². The van der Waals surface area contributed by atoms with Gasteiger partial charge in [-0.2, -0.15) is 0 Å². The standard InChI is InChI=1S/C6H6O.C3H5NO2/c7-6-4-2-1-3-5-6;4-3(5)2-1-6-2/h1-5,7H;2H,1H2,(H2,4,5). The van der Waals surface area contributed by atoms with Gasteiger partial charge in [0, 0.05) is 0 Å². The molecule has 0 aromatic heterocycles. The van der Waals surface area contributed by atoms with Crippen LogP contribution in [0.3, 0.4) is 0 Å². The lowest BCUT2D eigenvalue weighted by Gasteiger charge is -1.82. The summed E-state index contributed by atoms with van der Waals surface area (Å²) in [4.78, 5) is 9.86. The summed E-state index contributed by atoms with van der Waals surface area (Å²) in [5.41, 5.74) is 4.73. The van der Waals surface area contributed by atoms with Crippen molar-refractivity contribution >= 4 is 5.91 Å². The van der Waals surface area contributed by atoms with Gasteiger partial charge >= 0.3 is 0 Å². The maximum absolute atomic E-state index is 9.86. The van der Waals surface area contributed by atoms with Gasteiger partial charge in [-0.25, -0.2) is 0 Å². The topological polar surface area (TPSA) is 75.9 Å². The van der Waals surface area contributed by atoms with Crippen LogP contribution < -0.4 is 5.73 Å². The Bertz CT molecular complexity index is 269. The molecule has 13 heavy (non-hydrogen) atoms. The number of ether oxygens (including phenoxy) is 1. The van der Waals surface area contributed by atoms with E-state index in [1.54, 1.807) is 24.3 Å². The number of rotatable bonds is 1. The normalized spacial score (nSPS) is 18.3. The molecule has 2 rings (SSSR count). The third-order valence-electron chi connectivity index (χ3n) is 1.41. The third kappa shape index (κ3) is 4.12. The fraction of sp³-hybridized carbons (Fsp3) is 0.222. The van der Waals surface area contributed by atoms with Crippen LogP contribution in [0.1, 0.15) is 0 Å². The number of carbonyl (C=O) groups is 1. The summed E-state index contributed by atoms with van der Waals surface area (Å²) in [6.45, 7) is 0.523. The summed E-state index contributed by atoms with van der Waals surface area (Å²) in [6, 6.07) is 8.71. The molecule has 1 saturated heterocycles. The Kier molecular flexibility index (Phi) is 3.28. The number of para-hydroxylation sites is 1. The molecule has 1 amide bonds. The van der Waals surface area contributed by atoms with E-state index in [0.29, 0.717) is 12.4 Å². The Morgan fingerprint density at radius 2 is 2.00 bits per heavy atom. The molecule has 0 bridgehead atoms. The van der Waals surface area contributed by atoms with Crippen molar-refractivity contribution in [2.75, 3.05) is 6.61 Å². The number of epoxide rings is 1. The van der Waals surface area contributed by atoms with Gasteiger partial charge in [0.05, 0.1) is 6.61 Å². The first kappa shape index (κ1) is 9.54. The second kappa shape index (κ2) is 4.47. The van der Waals surface area contributed by atoms with E-state index in [1.807, 2.05) is 6.07 Å². The SMILES string of the molecule is NC(=O)C1CO1.Oc1ccccc1. The largest absolute Gasteiger partial charge is 0.508 e. The van der Waals surface area contributed by atoms with Crippen LogP contribution in [0.5, 0.6) is 5.75 Å². The van der Waals surface area contributed by atoms with Crippen molar-refractivity contribution in [2.24, 2.45) is 5.73 Å². The Balaban J connectivity index is 0.000000132. The lowest BCUT2D eigenvalue weighted by atomic mass is 10.3. The maximum atomic E-state index is 9.86. The minimum absolute atomic E-state index is 0.259. The highest BCUT2D eigenvalue weighted by atomic mass is 16.6. The first-order valence-electron chi connectivity index (χ1n) is 3.85. The van der Waals surface area contributed by atoms with Crippen molar-refractivity contribution in [2.45, 2.75) is 6.10 Å². The minimum atomic E-state index is -0.352. The highest BCUT2D eigenvalue weighted by molar-refractivity contribution is 5.80. The molecule has 1 atom stereocenters. The van der Waals surface area contributed by atoms with Gasteiger partial charge in [0.2, 0.25) is 5.91 Å². The molecule has 1 fully saturated rings. The molecule has 1 aromatic rings. The number of benzene rings is 1. The second-order valence-electron chi connectivity index (χ2n) is 2.56. The van der Waals surface area contributed by atoms with Crippen molar-refractivity contribution in [1.29, 1.82) is 0 Å². The molecule has 0 radical (unpaired) electrons. The van der Waals surface area contributed by atoms with E-state index in [1.165, 1.54) is 0 Å². The zero-order valence-electron chi connectivity index (χ0n) is 7.01. The molecule has 0 aliphatic carbocycles. The number of hydrogen-bond donors (Lipinski definition) is 2. The van der Waals surface area contributed by atoms with Crippen LogP contribution in [-0.2, 0) is 9.53 Å². The van der Waals surface area contributed by atoms with Gasteiger partial charge in [0.15, 0.2) is 6.10 Å². The average molecular weight is 181 g/mol. The van der Waals surface area contributed by atoms with Crippen LogP contribution in [0.4, 0.5) is 0 Å². The number of aromatic hydroxyl groups is 1. The molecular weight excluding hydrogens is 170 g/mol. The maximum Gasteiger partial charge on any atom is 0.248 e. The zero-order chi connectivity index (χ0) is 9.68. The highest BCUT2D eigenvalue weighted by Crippen LogP contribution is 2.05. The number of nitrogens with two attached hydrogens (primary N) is 1. The van der Waals surface area contributed by atoms with E-state index in [4.69, 9.17) is 10.8 Å². The number of amides is 1. The van der Waals surface area contributed by atoms with Crippen LogP contribution in [-0.4, -0.2) is 23.7 Å². The molecule has 3 N–H and O–H groups in total. The summed E-state index contributed by atoms with van der Waals surface area (Å²) in [5, 5.41) is 8.63. The summed E-state index contributed by atoms with van der Waals surface area (Å²) >= 11 is 0. The predicted octanol–water partition coefficient (Wildman–Crippen LogP) is 0.263. The van der Waals surface area contributed by atoms with E-state index >= 15 is 0 Å². The monoisotopic (exact) mass is 181 g/mol. The summed E-state index contributed by atoms with van der Waals surface area (Å²) < 4.78 is 4.50. The first-order chi connectivity index (χ1) is 6.20. The van der Waals surface area contributed by atoms with Crippen molar-refractivity contribution in [3.63, 3.8) is 0 Å². The number of phenols is 1. The Hall–Kier alpha value is -1.55. The summed E-state index contributed by atoms with van der Waals surface area (Å²) in [5.74, 6) is -0.0301. The lowest BCUT2D eigenvalue weighted by molar-refractivity contribution is -0.119. The van der Waals surface area contributed by atoms with Crippen LogP contribution >= 0.6 is 0 Å². The number of hydrogen-bond acceptors (Lipinski definition) is 3. The summed E-state index contributed by atoms with van der Waals surface area (Å²) in [6.07, 6.45) is -0.259. The molecular formula is C9H11NO3. The van der Waals surface area contributed by atoms with Gasteiger partial charge in [-0.3, -0.25) is 4.79 Å². The van der Waals surface area contributed by atoms with E-state index in [9.17, 15) is 4.79 Å². The highest BCUT2D eigenvalue weighted by Gasteiger charge is 2.28. The van der Waals surface area contributed by atoms with Crippen molar-refractivity contribution < 1.29 is 14.6 Å². The quantitative estimate of drug-likeness (QED) is 0.610. The van der Waals surface area contributed by atoms with Gasteiger partial charge in [-0.15, -0.1) is 0 Å². The predicted molar refractivity (Wildman–Crippen MR) is 47.0 cm³/mol. The number of primary amides is 1. The number of phenolic OH excluding ortho intramolecular Hbond substituents is 1. The van der Waals surface area contributed by atoms with Gasteiger partial charge in [0.1, 0.15) is 5.75 Å². The van der Waals surface area contributed by atoms with E-state index in [-0.39, 0.29) is 12.0 Å². The van der Waals surface area contributed by atoms with Gasteiger partial charge < -0.3 is 15.6 Å². The van der Waals surface area contributed by atoms with Crippen molar-refractivity contribution in [3.05, 3.63) is 30.3 Å². The smallest absolute Gasteiger partial charge is 0.248 e. The molecule has 4 heteroatoms. The molecule has 4 nitrogen and oxygen atoms in total. The fourth-order valence-corrected chi connectivity index (χ4v) is 0.640. The minimum Gasteiger partial charge on any atom is -0.508 e. The molecule has 0 spiro atoms. The lowest BCUT2D eigenvalue weighted by Crippen LogP contribution is -2.17. The van der Waals surface area contributed by atoms with Gasteiger partial charge in [0.25, 0.3) is 0 Å². The van der Waals surface area contributed by atoms with Crippen molar-refractivity contribution in [3.8, 4) is 5.75 Å². The first-order valence-corrected chi connectivity index (χ1v) is 3.85. The third-order valence-corrected chi connectivity index (χ3v) is 1.41. The molecule has 1 aliphatic rings. The van der Waals surface area contributed by atoms with Crippen molar-refractivity contribution in [1.82, 2.24) is 0 Å². The van der Waals surface area contributed by atoms with Crippen LogP contribution in [0.15, 0.2) is 30.3 Å². The fourth-order valence-electron chi connectivity index (χ4n) is 0.640. The van der Waals surface area contributed by atoms with E-state index < -0.39 is 0 Å². The molecule has 1 aromatic carbocycles. The Morgan fingerprint density at radius 1 is 1.46 bits per heavy atom. The molecule has 1 heterocycles. The zero-order valence-corrected chi connectivity index (χ0v) is 7.01. The van der Waals surface area contributed by atoms with Gasteiger partial charge in [-0.05, 0) is 12.1 Å². The summed E-state index contributed by atoms with van der Waals surface area (Å²) in [7, 11) is 0. The average Bonchev–Trinajstić information content (AvgIpc) is 2.88. The Morgan fingerprint density at radius 3 is 2.15 bits per heavy atom. The molecule has 70 valence electrons. The van der Waals surface area contributed by atoms with E-state index in [0.717, 1.165) is 0 Å². The van der Waals surface area contributed by atoms with Crippen LogP contribution in [0, 0.1) is 0 Å². The van der Waals surface area contributed by atoms with Crippen LogP contribution in [0.25, 0.3) is 0 Å². The van der Waals surface area contributed by atoms with E-state index in [2.05, 4.69) is 4.74 Å². The molecule has 0 saturated carbocycles. The molecule has 1 aliphatic heterocycles. The van der Waals surface area contributed by atoms with Gasteiger partial charge in [-0.1, -0.05) is 18.2 Å². The van der Waals surface area contributed by atoms with Crippen LogP contribution in [0.2, 0.25) is 0 Å². The molecule has 1 unspecified atom stereocenters. The second-order valence-corrected chi connectivity index (χ2v) is 2.56.